The van der Waals surface area contributed by atoms with Crippen molar-refractivity contribution in [2.45, 2.75) is 6.17 Å². The van der Waals surface area contributed by atoms with Gasteiger partial charge in [-0.25, -0.2) is 0 Å². The fraction of sp³-hybridized carbons (Fsp3) is 0.0769. The fourth-order valence-electron chi connectivity index (χ4n) is 1.92. The molecule has 0 amide bonds. The van der Waals surface area contributed by atoms with Gasteiger partial charge in [-0.3, -0.25) is 0 Å². The van der Waals surface area contributed by atoms with Crippen LogP contribution in [0.1, 0.15) is 5.56 Å². The zero-order valence-corrected chi connectivity index (χ0v) is 10.2. The van der Waals surface area contributed by atoms with Gasteiger partial charge in [0.05, 0.1) is 5.70 Å². The normalized spacial score (nSPS) is 21.7. The van der Waals surface area contributed by atoms with Crippen molar-refractivity contribution in [3.63, 3.8) is 0 Å². The van der Waals surface area contributed by atoms with Gasteiger partial charge in [0.1, 0.15) is 6.17 Å². The zero-order valence-electron chi connectivity index (χ0n) is 8.60. The van der Waals surface area contributed by atoms with E-state index >= 15 is 0 Å². The third kappa shape index (κ3) is 1.67. The van der Waals surface area contributed by atoms with Crippen molar-refractivity contribution in [3.8, 4) is 0 Å². The van der Waals surface area contributed by atoms with Crippen LogP contribution < -0.4 is 5.32 Å². The Morgan fingerprint density at radius 1 is 1.25 bits per heavy atom. The summed E-state index contributed by atoms with van der Waals surface area (Å²) >= 11 is 3.49. The molecule has 1 aromatic carbocycles. The van der Waals surface area contributed by atoms with E-state index in [-0.39, 0.29) is 6.17 Å². The molecule has 1 atom stereocenters. The highest BCUT2D eigenvalue weighted by Gasteiger charge is 2.21. The molecule has 1 unspecified atom stereocenters. The maximum Gasteiger partial charge on any atom is 0.122 e. The predicted molar refractivity (Wildman–Crippen MR) is 69.2 cm³/mol. The Morgan fingerprint density at radius 3 is 3.00 bits per heavy atom. The predicted octanol–water partition coefficient (Wildman–Crippen LogP) is 3.06. The molecular formula is C13H11BrN2. The summed E-state index contributed by atoms with van der Waals surface area (Å²) in [4.78, 5) is 2.16. The minimum Gasteiger partial charge on any atom is -0.360 e. The molecule has 3 rings (SSSR count). The van der Waals surface area contributed by atoms with Crippen molar-refractivity contribution < 1.29 is 0 Å². The van der Waals surface area contributed by atoms with Crippen LogP contribution in [-0.4, -0.2) is 11.1 Å². The monoisotopic (exact) mass is 274 g/mol. The van der Waals surface area contributed by atoms with Crippen LogP contribution in [0.15, 0.2) is 59.4 Å². The summed E-state index contributed by atoms with van der Waals surface area (Å²) < 4.78 is 1.10. The Kier molecular flexibility index (Phi) is 2.33. The van der Waals surface area contributed by atoms with Crippen LogP contribution in [0, 0.1) is 0 Å². The standard InChI is InChI=1S/C13H11BrN2/c14-11-5-3-4-10(8-11)12-9-16-7-2-1-6-13(16)15-12/h1-9,13,15H. The number of nitrogens with zero attached hydrogens (tertiary/aromatic N) is 1. The molecule has 0 bridgehead atoms. The fourth-order valence-corrected chi connectivity index (χ4v) is 2.32. The van der Waals surface area contributed by atoms with Crippen LogP contribution >= 0.6 is 15.9 Å². The Morgan fingerprint density at radius 2 is 2.19 bits per heavy atom. The molecule has 0 saturated carbocycles. The molecule has 0 radical (unpaired) electrons. The van der Waals surface area contributed by atoms with E-state index in [1.807, 2.05) is 18.2 Å². The van der Waals surface area contributed by atoms with Gasteiger partial charge < -0.3 is 10.2 Å². The molecule has 2 aliphatic rings. The van der Waals surface area contributed by atoms with E-state index in [1.54, 1.807) is 0 Å². The lowest BCUT2D eigenvalue weighted by Gasteiger charge is -2.20. The number of halogens is 1. The Bertz CT molecular complexity index is 502. The van der Waals surface area contributed by atoms with E-state index < -0.39 is 0 Å². The minimum atomic E-state index is 0.263. The summed E-state index contributed by atoms with van der Waals surface area (Å²) in [7, 11) is 0. The van der Waals surface area contributed by atoms with Crippen molar-refractivity contribution in [1.29, 1.82) is 0 Å². The molecule has 2 nitrogen and oxygen atoms in total. The Hall–Kier alpha value is -1.48. The number of hydrogen-bond acceptors (Lipinski definition) is 2. The summed E-state index contributed by atoms with van der Waals surface area (Å²) in [6, 6.07) is 8.30. The second-order valence-electron chi connectivity index (χ2n) is 3.82. The van der Waals surface area contributed by atoms with Crippen LogP contribution in [0.3, 0.4) is 0 Å². The van der Waals surface area contributed by atoms with Gasteiger partial charge in [0.25, 0.3) is 0 Å². The number of hydrogen-bond donors (Lipinski definition) is 1. The number of rotatable bonds is 1. The first-order chi connectivity index (χ1) is 7.83. The third-order valence-corrected chi connectivity index (χ3v) is 3.19. The van der Waals surface area contributed by atoms with Crippen molar-refractivity contribution in [2.75, 3.05) is 0 Å². The average Bonchev–Trinajstić information content (AvgIpc) is 2.72. The van der Waals surface area contributed by atoms with Gasteiger partial charge in [-0.1, -0.05) is 34.1 Å². The highest BCUT2D eigenvalue weighted by Crippen LogP contribution is 2.24. The molecule has 1 aromatic rings. The lowest BCUT2D eigenvalue weighted by Crippen LogP contribution is -2.31. The summed E-state index contributed by atoms with van der Waals surface area (Å²) in [5, 5.41) is 3.46. The van der Waals surface area contributed by atoms with Gasteiger partial charge in [-0.2, -0.15) is 0 Å². The molecule has 0 saturated heterocycles. The van der Waals surface area contributed by atoms with Crippen LogP contribution in [-0.2, 0) is 0 Å². The molecule has 0 spiro atoms. The Labute approximate surface area is 103 Å². The highest BCUT2D eigenvalue weighted by atomic mass is 79.9. The van der Waals surface area contributed by atoms with Gasteiger partial charge in [0.15, 0.2) is 0 Å². The molecule has 3 heteroatoms. The van der Waals surface area contributed by atoms with E-state index in [9.17, 15) is 0 Å². The zero-order chi connectivity index (χ0) is 11.0. The van der Waals surface area contributed by atoms with Crippen LogP contribution in [0.2, 0.25) is 0 Å². The quantitative estimate of drug-likeness (QED) is 0.847. The van der Waals surface area contributed by atoms with E-state index in [4.69, 9.17) is 0 Å². The molecule has 0 aromatic heterocycles. The molecule has 16 heavy (non-hydrogen) atoms. The van der Waals surface area contributed by atoms with Crippen molar-refractivity contribution in [2.24, 2.45) is 0 Å². The first-order valence-electron chi connectivity index (χ1n) is 5.20. The molecule has 0 fully saturated rings. The number of nitrogens with one attached hydrogen (secondary N) is 1. The molecule has 2 aliphatic heterocycles. The molecule has 2 heterocycles. The van der Waals surface area contributed by atoms with Gasteiger partial charge >= 0.3 is 0 Å². The van der Waals surface area contributed by atoms with Gasteiger partial charge in [0.2, 0.25) is 0 Å². The highest BCUT2D eigenvalue weighted by molar-refractivity contribution is 9.10. The first-order valence-corrected chi connectivity index (χ1v) is 5.99. The lowest BCUT2D eigenvalue weighted by molar-refractivity contribution is 0.427. The molecule has 0 aliphatic carbocycles. The second kappa shape index (κ2) is 3.83. The number of allylic oxidation sites excluding steroid dienone is 2. The topological polar surface area (TPSA) is 15.3 Å². The second-order valence-corrected chi connectivity index (χ2v) is 4.73. The maximum atomic E-state index is 3.49. The maximum absolute atomic E-state index is 3.49. The van der Waals surface area contributed by atoms with E-state index in [0.717, 1.165) is 10.2 Å². The summed E-state index contributed by atoms with van der Waals surface area (Å²) in [6.45, 7) is 0. The minimum absolute atomic E-state index is 0.263. The van der Waals surface area contributed by atoms with Crippen molar-refractivity contribution in [1.82, 2.24) is 10.2 Å². The Balaban J connectivity index is 1.93. The smallest absolute Gasteiger partial charge is 0.122 e. The van der Waals surface area contributed by atoms with Crippen LogP contribution in [0.4, 0.5) is 0 Å². The largest absolute Gasteiger partial charge is 0.360 e. The van der Waals surface area contributed by atoms with E-state index in [1.165, 1.54) is 5.56 Å². The first kappa shape index (κ1) is 9.73. The lowest BCUT2D eigenvalue weighted by atomic mass is 10.2. The molecule has 1 N–H and O–H groups in total. The number of benzene rings is 1. The summed E-state index contributed by atoms with van der Waals surface area (Å²) in [5.74, 6) is 0. The van der Waals surface area contributed by atoms with Crippen LogP contribution in [0.5, 0.6) is 0 Å². The third-order valence-electron chi connectivity index (χ3n) is 2.70. The van der Waals surface area contributed by atoms with Crippen LogP contribution in [0.25, 0.3) is 5.70 Å². The molecular weight excluding hydrogens is 264 g/mol. The van der Waals surface area contributed by atoms with Gasteiger partial charge in [0, 0.05) is 22.4 Å². The summed E-state index contributed by atoms with van der Waals surface area (Å²) in [5.41, 5.74) is 2.35. The average molecular weight is 275 g/mol. The van der Waals surface area contributed by atoms with Crippen molar-refractivity contribution in [3.05, 3.63) is 64.9 Å². The van der Waals surface area contributed by atoms with E-state index in [0.29, 0.717) is 0 Å². The molecule has 80 valence electrons. The number of fused-ring (bicyclic) bond motifs is 1. The SMILES string of the molecule is Brc1cccc(C2=CN3C=CC=CC3N2)c1. The van der Waals surface area contributed by atoms with E-state index in [2.05, 4.69) is 62.8 Å². The van der Waals surface area contributed by atoms with Gasteiger partial charge in [-0.15, -0.1) is 0 Å². The van der Waals surface area contributed by atoms with Gasteiger partial charge in [-0.05, 0) is 24.3 Å². The van der Waals surface area contributed by atoms with Crippen molar-refractivity contribution >= 4 is 21.6 Å². The summed E-state index contributed by atoms with van der Waals surface area (Å²) in [6.07, 6.45) is 10.7.